The molecule has 2 atom stereocenters. The van der Waals surface area contributed by atoms with Gasteiger partial charge in [-0.05, 0) is 43.9 Å². The van der Waals surface area contributed by atoms with E-state index in [1.165, 1.54) is 6.33 Å². The monoisotopic (exact) mass is 354 g/mol. The predicted molar refractivity (Wildman–Crippen MR) is 99.2 cm³/mol. The Morgan fingerprint density at radius 2 is 1.88 bits per heavy atom. The number of hydrogen-bond donors (Lipinski definition) is 0. The Hall–Kier alpha value is -2.11. The van der Waals surface area contributed by atoms with Gasteiger partial charge in [0.05, 0.1) is 10.9 Å². The number of likely N-dealkylation sites (tertiary alicyclic amines) is 1. The second-order valence-corrected chi connectivity index (χ2v) is 9.21. The van der Waals surface area contributed by atoms with Gasteiger partial charge in [-0.15, -0.1) is 0 Å². The molecular weight excluding hydrogens is 328 g/mol. The van der Waals surface area contributed by atoms with Crippen molar-refractivity contribution >= 4 is 22.8 Å². The van der Waals surface area contributed by atoms with Crippen LogP contribution in [0.1, 0.15) is 49.7 Å². The SMILES string of the molecule is Cc1oc2ncnc(N(C)C3(C)CC3)c2c1C(=O)N1CC2C(C1)C2(C)C. The van der Waals surface area contributed by atoms with Crippen LogP contribution in [0.3, 0.4) is 0 Å². The summed E-state index contributed by atoms with van der Waals surface area (Å²) in [6, 6.07) is 0. The van der Waals surface area contributed by atoms with Crippen molar-refractivity contribution in [2.45, 2.75) is 46.1 Å². The molecule has 2 unspecified atom stereocenters. The Morgan fingerprint density at radius 3 is 2.50 bits per heavy atom. The van der Waals surface area contributed by atoms with Crippen LogP contribution < -0.4 is 4.90 Å². The summed E-state index contributed by atoms with van der Waals surface area (Å²) in [5.41, 5.74) is 1.66. The maximum absolute atomic E-state index is 13.4. The van der Waals surface area contributed by atoms with Gasteiger partial charge in [0.2, 0.25) is 5.71 Å². The first-order chi connectivity index (χ1) is 12.2. The van der Waals surface area contributed by atoms with Crippen LogP contribution in [0, 0.1) is 24.2 Å². The Labute approximate surface area is 153 Å². The Bertz CT molecular complexity index is 913. The van der Waals surface area contributed by atoms with Gasteiger partial charge in [0.1, 0.15) is 17.9 Å². The predicted octanol–water partition coefficient (Wildman–Crippen LogP) is 3.25. The van der Waals surface area contributed by atoms with E-state index in [0.717, 1.165) is 37.1 Å². The molecule has 138 valence electrons. The number of carbonyl (C=O) groups excluding carboxylic acids is 1. The van der Waals surface area contributed by atoms with Gasteiger partial charge < -0.3 is 14.2 Å². The van der Waals surface area contributed by atoms with Gasteiger partial charge in [-0.25, -0.2) is 9.97 Å². The number of hydrogen-bond acceptors (Lipinski definition) is 5. The molecule has 2 aromatic rings. The first-order valence-corrected chi connectivity index (χ1v) is 9.51. The highest BCUT2D eigenvalue weighted by atomic mass is 16.3. The summed E-state index contributed by atoms with van der Waals surface area (Å²) < 4.78 is 5.86. The van der Waals surface area contributed by atoms with Gasteiger partial charge in [-0.1, -0.05) is 13.8 Å². The lowest BCUT2D eigenvalue weighted by molar-refractivity contribution is 0.0758. The number of aryl methyl sites for hydroxylation is 1. The van der Waals surface area contributed by atoms with E-state index in [-0.39, 0.29) is 11.4 Å². The van der Waals surface area contributed by atoms with Crippen molar-refractivity contribution in [3.8, 4) is 0 Å². The summed E-state index contributed by atoms with van der Waals surface area (Å²) in [5, 5.41) is 0.769. The lowest BCUT2D eigenvalue weighted by atomic mass is 10.1. The largest absolute Gasteiger partial charge is 0.442 e. The Balaban J connectivity index is 1.55. The van der Waals surface area contributed by atoms with Gasteiger partial charge in [0.25, 0.3) is 5.91 Å². The topological polar surface area (TPSA) is 62.5 Å². The molecule has 0 aromatic carbocycles. The standard InChI is InChI=1S/C20H26N4O2/c1-11-14(18(25)24-8-12-13(9-24)19(12,2)3)15-16(21-10-22-17(15)26-11)23(5)20(4)6-7-20/h10,12-13H,6-9H2,1-5H3. The fraction of sp³-hybridized carbons (Fsp3) is 0.650. The van der Waals surface area contributed by atoms with Crippen LogP contribution in [0.4, 0.5) is 5.82 Å². The first kappa shape index (κ1) is 16.1. The van der Waals surface area contributed by atoms with Crippen LogP contribution in [-0.2, 0) is 0 Å². The molecule has 6 heteroatoms. The smallest absolute Gasteiger partial charge is 0.258 e. The third-order valence-electron chi connectivity index (χ3n) is 7.37. The molecule has 3 fully saturated rings. The summed E-state index contributed by atoms with van der Waals surface area (Å²) in [4.78, 5) is 26.3. The van der Waals surface area contributed by atoms with Crippen molar-refractivity contribution in [1.82, 2.24) is 14.9 Å². The van der Waals surface area contributed by atoms with Gasteiger partial charge in [0.15, 0.2) is 0 Å². The fourth-order valence-corrected chi connectivity index (χ4v) is 4.77. The molecule has 3 heterocycles. The van der Waals surface area contributed by atoms with Crippen molar-refractivity contribution < 1.29 is 9.21 Å². The zero-order chi connectivity index (χ0) is 18.4. The molecular formula is C20H26N4O2. The van der Waals surface area contributed by atoms with E-state index in [1.54, 1.807) is 0 Å². The second kappa shape index (κ2) is 4.78. The van der Waals surface area contributed by atoms with Crippen LogP contribution in [0.15, 0.2) is 10.7 Å². The van der Waals surface area contributed by atoms with Crippen molar-refractivity contribution in [2.24, 2.45) is 17.3 Å². The lowest BCUT2D eigenvalue weighted by Crippen LogP contribution is -2.34. The Kier molecular flexibility index (Phi) is 2.96. The molecule has 0 N–H and O–H groups in total. The van der Waals surface area contributed by atoms with Crippen LogP contribution >= 0.6 is 0 Å². The quantitative estimate of drug-likeness (QED) is 0.847. The number of amides is 1. The van der Waals surface area contributed by atoms with Crippen molar-refractivity contribution in [2.75, 3.05) is 25.0 Å². The fourth-order valence-electron chi connectivity index (χ4n) is 4.77. The minimum atomic E-state index is 0.0645. The molecule has 0 bridgehead atoms. The molecule has 2 aromatic heterocycles. The number of nitrogens with zero attached hydrogens (tertiary/aromatic N) is 4. The van der Waals surface area contributed by atoms with E-state index in [0.29, 0.717) is 34.3 Å². The van der Waals surface area contributed by atoms with E-state index in [9.17, 15) is 4.79 Å². The van der Waals surface area contributed by atoms with Crippen LogP contribution in [-0.4, -0.2) is 46.5 Å². The summed E-state index contributed by atoms with van der Waals surface area (Å²) in [6.07, 6.45) is 3.81. The maximum Gasteiger partial charge on any atom is 0.258 e. The molecule has 0 spiro atoms. The van der Waals surface area contributed by atoms with E-state index in [2.05, 4.69) is 42.7 Å². The molecule has 0 radical (unpaired) electrons. The van der Waals surface area contributed by atoms with E-state index < -0.39 is 0 Å². The van der Waals surface area contributed by atoms with Crippen LogP contribution in [0.5, 0.6) is 0 Å². The highest BCUT2D eigenvalue weighted by molar-refractivity contribution is 6.10. The molecule has 1 saturated heterocycles. The Morgan fingerprint density at radius 1 is 1.23 bits per heavy atom. The zero-order valence-corrected chi connectivity index (χ0v) is 16.2. The number of carbonyl (C=O) groups is 1. The molecule has 2 saturated carbocycles. The number of piperidine rings is 1. The molecule has 2 aliphatic carbocycles. The summed E-state index contributed by atoms with van der Waals surface area (Å²) in [6.45, 7) is 10.4. The summed E-state index contributed by atoms with van der Waals surface area (Å²) >= 11 is 0. The summed E-state index contributed by atoms with van der Waals surface area (Å²) in [5.74, 6) is 2.78. The number of aromatic nitrogens is 2. The number of anilines is 1. The van der Waals surface area contributed by atoms with Crippen LogP contribution in [0.2, 0.25) is 0 Å². The first-order valence-electron chi connectivity index (χ1n) is 9.51. The van der Waals surface area contributed by atoms with Gasteiger partial charge in [0, 0.05) is 25.7 Å². The molecule has 1 amide bonds. The normalized spacial score (nSPS) is 27.5. The number of fused-ring (bicyclic) bond motifs is 2. The molecule has 6 nitrogen and oxygen atoms in total. The van der Waals surface area contributed by atoms with E-state index in [4.69, 9.17) is 4.42 Å². The molecule has 5 rings (SSSR count). The highest BCUT2D eigenvalue weighted by Crippen LogP contribution is 2.62. The minimum Gasteiger partial charge on any atom is -0.442 e. The van der Waals surface area contributed by atoms with Gasteiger partial charge >= 0.3 is 0 Å². The van der Waals surface area contributed by atoms with E-state index >= 15 is 0 Å². The number of furan rings is 1. The van der Waals surface area contributed by atoms with Crippen molar-refractivity contribution in [3.05, 3.63) is 17.7 Å². The van der Waals surface area contributed by atoms with E-state index in [1.807, 2.05) is 11.8 Å². The van der Waals surface area contributed by atoms with Gasteiger partial charge in [-0.2, -0.15) is 0 Å². The average Bonchev–Trinajstić information content (AvgIpc) is 3.27. The highest BCUT2D eigenvalue weighted by Gasteiger charge is 2.62. The van der Waals surface area contributed by atoms with Crippen molar-refractivity contribution in [3.63, 3.8) is 0 Å². The lowest BCUT2D eigenvalue weighted by Gasteiger charge is -2.26. The molecule has 3 aliphatic rings. The van der Waals surface area contributed by atoms with Crippen molar-refractivity contribution in [1.29, 1.82) is 0 Å². The molecule has 1 aliphatic heterocycles. The van der Waals surface area contributed by atoms with Crippen LogP contribution in [0.25, 0.3) is 11.1 Å². The second-order valence-electron chi connectivity index (χ2n) is 9.21. The number of rotatable bonds is 3. The third kappa shape index (κ3) is 2.01. The third-order valence-corrected chi connectivity index (χ3v) is 7.37. The van der Waals surface area contributed by atoms with Gasteiger partial charge in [-0.3, -0.25) is 4.79 Å². The minimum absolute atomic E-state index is 0.0645. The maximum atomic E-state index is 13.4. The molecule has 26 heavy (non-hydrogen) atoms. The summed E-state index contributed by atoms with van der Waals surface area (Å²) in [7, 11) is 2.05. The average molecular weight is 354 g/mol. The zero-order valence-electron chi connectivity index (χ0n) is 16.2.